The Morgan fingerprint density at radius 2 is 1.92 bits per heavy atom. The lowest BCUT2D eigenvalue weighted by Crippen LogP contribution is -2.24. The fraction of sp³-hybridized carbons (Fsp3) is 0.263. The minimum atomic E-state index is -0.340. The van der Waals surface area contributed by atoms with Crippen LogP contribution < -0.4 is 19.7 Å². The van der Waals surface area contributed by atoms with Gasteiger partial charge in [-0.25, -0.2) is 0 Å². The highest BCUT2D eigenvalue weighted by atomic mass is 35.5. The predicted octanol–water partition coefficient (Wildman–Crippen LogP) is 3.49. The molecule has 6 nitrogen and oxygen atoms in total. The maximum Gasteiger partial charge on any atom is 0.262 e. The molecule has 26 heavy (non-hydrogen) atoms. The first-order chi connectivity index (χ1) is 12.6. The maximum atomic E-state index is 12.2. The number of anilines is 2. The first kappa shape index (κ1) is 18.1. The molecule has 3 rings (SSSR count). The molecule has 0 radical (unpaired) electrons. The second-order valence-electron chi connectivity index (χ2n) is 5.83. The third kappa shape index (κ3) is 4.26. The molecule has 1 fully saturated rings. The molecule has 1 N–H and O–H groups in total. The van der Waals surface area contributed by atoms with Crippen LogP contribution in [0.2, 0.25) is 5.02 Å². The number of benzene rings is 2. The van der Waals surface area contributed by atoms with Gasteiger partial charge in [-0.05, 0) is 48.9 Å². The van der Waals surface area contributed by atoms with Crippen molar-refractivity contribution in [1.29, 1.82) is 0 Å². The minimum absolute atomic E-state index is 0.0763. The molecular formula is C19H19ClN2O4. The van der Waals surface area contributed by atoms with Crippen molar-refractivity contribution in [3.63, 3.8) is 0 Å². The summed E-state index contributed by atoms with van der Waals surface area (Å²) in [7, 11) is 1.58. The van der Waals surface area contributed by atoms with E-state index >= 15 is 0 Å². The SMILES string of the molecule is COc1ccc(OCC(=O)Nc2cc(N3CCCC3=O)ccc2Cl)cc1. The van der Waals surface area contributed by atoms with Crippen molar-refractivity contribution in [2.24, 2.45) is 0 Å². The number of hydrogen-bond donors (Lipinski definition) is 1. The molecule has 2 amide bonds. The van der Waals surface area contributed by atoms with Gasteiger partial charge >= 0.3 is 0 Å². The standard InChI is InChI=1S/C19H19ClN2O4/c1-25-14-5-7-15(8-6-14)26-12-18(23)21-17-11-13(4-9-16(17)20)22-10-2-3-19(22)24/h4-9,11H,2-3,10,12H2,1H3,(H,21,23). The van der Waals surface area contributed by atoms with Crippen molar-refractivity contribution >= 4 is 34.8 Å². The zero-order chi connectivity index (χ0) is 18.5. The molecule has 1 aliphatic heterocycles. The van der Waals surface area contributed by atoms with E-state index in [0.717, 1.165) is 12.1 Å². The number of carbonyl (C=O) groups is 2. The molecule has 136 valence electrons. The van der Waals surface area contributed by atoms with E-state index in [9.17, 15) is 9.59 Å². The average molecular weight is 375 g/mol. The number of carbonyl (C=O) groups excluding carboxylic acids is 2. The molecular weight excluding hydrogens is 356 g/mol. The number of methoxy groups -OCH3 is 1. The van der Waals surface area contributed by atoms with Crippen LogP contribution in [0.3, 0.4) is 0 Å². The van der Waals surface area contributed by atoms with Crippen molar-refractivity contribution < 1.29 is 19.1 Å². The van der Waals surface area contributed by atoms with Crippen LogP contribution in [-0.2, 0) is 9.59 Å². The van der Waals surface area contributed by atoms with Gasteiger partial charge in [-0.3, -0.25) is 9.59 Å². The molecule has 0 aromatic heterocycles. The molecule has 2 aromatic rings. The van der Waals surface area contributed by atoms with Crippen LogP contribution in [0.1, 0.15) is 12.8 Å². The summed E-state index contributed by atoms with van der Waals surface area (Å²) in [6, 6.07) is 12.1. The normalized spacial score (nSPS) is 13.6. The van der Waals surface area contributed by atoms with Gasteiger partial charge in [-0.15, -0.1) is 0 Å². The van der Waals surface area contributed by atoms with E-state index in [1.54, 1.807) is 54.5 Å². The van der Waals surface area contributed by atoms with Gasteiger partial charge in [0.2, 0.25) is 5.91 Å². The number of ether oxygens (including phenoxy) is 2. The molecule has 7 heteroatoms. The lowest BCUT2D eigenvalue weighted by atomic mass is 10.2. The summed E-state index contributed by atoms with van der Waals surface area (Å²) in [5.41, 5.74) is 1.18. The lowest BCUT2D eigenvalue weighted by molar-refractivity contribution is -0.118. The highest BCUT2D eigenvalue weighted by Gasteiger charge is 2.22. The van der Waals surface area contributed by atoms with Crippen molar-refractivity contribution in [3.05, 3.63) is 47.5 Å². The molecule has 0 atom stereocenters. The Kier molecular flexibility index (Phi) is 5.63. The van der Waals surface area contributed by atoms with Gasteiger partial charge in [-0.2, -0.15) is 0 Å². The van der Waals surface area contributed by atoms with Crippen LogP contribution >= 0.6 is 11.6 Å². The summed E-state index contributed by atoms with van der Waals surface area (Å²) in [4.78, 5) is 25.7. The van der Waals surface area contributed by atoms with Crippen molar-refractivity contribution in [2.45, 2.75) is 12.8 Å². The smallest absolute Gasteiger partial charge is 0.262 e. The van der Waals surface area contributed by atoms with E-state index in [1.807, 2.05) is 0 Å². The first-order valence-electron chi connectivity index (χ1n) is 8.23. The zero-order valence-electron chi connectivity index (χ0n) is 14.3. The third-order valence-corrected chi connectivity index (χ3v) is 4.37. The third-order valence-electron chi connectivity index (χ3n) is 4.04. The quantitative estimate of drug-likeness (QED) is 0.840. The number of amides is 2. The van der Waals surface area contributed by atoms with E-state index < -0.39 is 0 Å². The first-order valence-corrected chi connectivity index (χ1v) is 8.61. The van der Waals surface area contributed by atoms with E-state index in [4.69, 9.17) is 21.1 Å². The largest absolute Gasteiger partial charge is 0.497 e. The molecule has 1 aliphatic rings. The maximum absolute atomic E-state index is 12.2. The summed E-state index contributed by atoms with van der Waals surface area (Å²) < 4.78 is 10.5. The highest BCUT2D eigenvalue weighted by Crippen LogP contribution is 2.30. The Balaban J connectivity index is 1.62. The number of halogens is 1. The van der Waals surface area contributed by atoms with Crippen LogP contribution in [0, 0.1) is 0 Å². The van der Waals surface area contributed by atoms with Gasteiger partial charge in [0.25, 0.3) is 5.91 Å². The highest BCUT2D eigenvalue weighted by molar-refractivity contribution is 6.33. The fourth-order valence-corrected chi connectivity index (χ4v) is 2.87. The summed E-state index contributed by atoms with van der Waals surface area (Å²) in [6.45, 7) is 0.518. The van der Waals surface area contributed by atoms with Crippen LogP contribution in [0.5, 0.6) is 11.5 Å². The van der Waals surface area contributed by atoms with E-state index in [0.29, 0.717) is 35.2 Å². The number of nitrogens with one attached hydrogen (secondary N) is 1. The van der Waals surface area contributed by atoms with Crippen LogP contribution in [0.4, 0.5) is 11.4 Å². The summed E-state index contributed by atoms with van der Waals surface area (Å²) in [5, 5.41) is 3.12. The van der Waals surface area contributed by atoms with Gasteiger partial charge in [0.15, 0.2) is 6.61 Å². The lowest BCUT2D eigenvalue weighted by Gasteiger charge is -2.17. The van der Waals surface area contributed by atoms with Crippen LogP contribution in [0.25, 0.3) is 0 Å². The molecule has 1 heterocycles. The van der Waals surface area contributed by atoms with Gasteiger partial charge in [0, 0.05) is 18.7 Å². The van der Waals surface area contributed by atoms with E-state index in [1.165, 1.54) is 0 Å². The van der Waals surface area contributed by atoms with Crippen molar-refractivity contribution in [2.75, 3.05) is 30.5 Å². The van der Waals surface area contributed by atoms with Crippen LogP contribution in [-0.4, -0.2) is 32.1 Å². The van der Waals surface area contributed by atoms with Crippen molar-refractivity contribution in [3.8, 4) is 11.5 Å². The zero-order valence-corrected chi connectivity index (χ0v) is 15.1. The molecule has 0 aliphatic carbocycles. The van der Waals surface area contributed by atoms with Crippen molar-refractivity contribution in [1.82, 2.24) is 0 Å². The van der Waals surface area contributed by atoms with Gasteiger partial charge in [0.1, 0.15) is 11.5 Å². The van der Waals surface area contributed by atoms with Crippen LogP contribution in [0.15, 0.2) is 42.5 Å². The Morgan fingerprint density at radius 1 is 1.19 bits per heavy atom. The molecule has 1 saturated heterocycles. The predicted molar refractivity (Wildman–Crippen MR) is 100 cm³/mol. The van der Waals surface area contributed by atoms with Gasteiger partial charge < -0.3 is 19.7 Å². The van der Waals surface area contributed by atoms with Gasteiger partial charge in [-0.1, -0.05) is 11.6 Å². The number of nitrogens with zero attached hydrogens (tertiary/aromatic N) is 1. The second-order valence-corrected chi connectivity index (χ2v) is 6.23. The van der Waals surface area contributed by atoms with E-state index in [-0.39, 0.29) is 18.4 Å². The Morgan fingerprint density at radius 3 is 2.58 bits per heavy atom. The Bertz CT molecular complexity index is 808. The topological polar surface area (TPSA) is 67.9 Å². The molecule has 2 aromatic carbocycles. The average Bonchev–Trinajstić information content (AvgIpc) is 3.08. The Labute approximate surface area is 156 Å². The molecule has 0 bridgehead atoms. The molecule has 0 spiro atoms. The van der Waals surface area contributed by atoms with Gasteiger partial charge in [0.05, 0.1) is 17.8 Å². The minimum Gasteiger partial charge on any atom is -0.497 e. The summed E-state index contributed by atoms with van der Waals surface area (Å²) in [6.07, 6.45) is 1.37. The summed E-state index contributed by atoms with van der Waals surface area (Å²) >= 11 is 6.16. The Hall–Kier alpha value is -2.73. The monoisotopic (exact) mass is 374 g/mol. The number of hydrogen-bond acceptors (Lipinski definition) is 4. The fourth-order valence-electron chi connectivity index (χ4n) is 2.71. The number of rotatable bonds is 6. The molecule has 0 unspecified atom stereocenters. The van der Waals surface area contributed by atoms with E-state index in [2.05, 4.69) is 5.32 Å². The second kappa shape index (κ2) is 8.10. The molecule has 0 saturated carbocycles. The summed E-state index contributed by atoms with van der Waals surface area (Å²) in [5.74, 6) is 1.00.